The first-order chi connectivity index (χ1) is 15.0. The van der Waals surface area contributed by atoms with E-state index in [0.717, 1.165) is 27.7 Å². The summed E-state index contributed by atoms with van der Waals surface area (Å²) >= 11 is 0. The van der Waals surface area contributed by atoms with Crippen LogP contribution in [0, 0.1) is 12.7 Å². The number of hydrogen-bond acceptors (Lipinski definition) is 4. The number of nitrogens with zero attached hydrogens (tertiary/aromatic N) is 4. The Morgan fingerprint density at radius 1 is 1.06 bits per heavy atom. The normalized spacial score (nSPS) is 10.9. The monoisotopic (exact) mass is 447 g/mol. The Morgan fingerprint density at radius 2 is 1.91 bits per heavy atom. The van der Waals surface area contributed by atoms with Crippen molar-refractivity contribution in [3.05, 3.63) is 89.6 Å². The molecule has 5 rings (SSSR count). The highest BCUT2D eigenvalue weighted by atomic mass is 35.5. The first kappa shape index (κ1) is 21.4. The van der Waals surface area contributed by atoms with Gasteiger partial charge in [-0.25, -0.2) is 14.4 Å². The van der Waals surface area contributed by atoms with Crippen molar-refractivity contribution in [3.63, 3.8) is 0 Å². The molecule has 0 saturated carbocycles. The molecule has 0 radical (unpaired) electrons. The molecule has 2 aromatic carbocycles. The minimum absolute atomic E-state index is 0. The summed E-state index contributed by atoms with van der Waals surface area (Å²) in [6, 6.07) is 16.1. The van der Waals surface area contributed by atoms with Crippen LogP contribution in [0.25, 0.3) is 33.3 Å². The van der Waals surface area contributed by atoms with Gasteiger partial charge in [0.25, 0.3) is 0 Å². The Morgan fingerprint density at radius 3 is 2.69 bits per heavy atom. The van der Waals surface area contributed by atoms with E-state index in [9.17, 15) is 9.18 Å². The molecule has 0 aliphatic carbocycles. The number of fused-ring (bicyclic) bond motifs is 2. The number of carbonyl (C=O) groups is 1. The lowest BCUT2D eigenvalue weighted by Gasteiger charge is -2.09. The van der Waals surface area contributed by atoms with E-state index in [1.54, 1.807) is 24.7 Å². The number of halogens is 2. The van der Waals surface area contributed by atoms with Gasteiger partial charge in [0, 0.05) is 34.3 Å². The van der Waals surface area contributed by atoms with Crippen LogP contribution in [0.15, 0.2) is 67.1 Å². The lowest BCUT2D eigenvalue weighted by Crippen LogP contribution is -2.12. The number of amides is 1. The molecule has 160 valence electrons. The maximum absolute atomic E-state index is 14.7. The molecule has 2 N–H and O–H groups in total. The molecule has 5 aromatic rings. The van der Waals surface area contributed by atoms with Crippen molar-refractivity contribution >= 4 is 40.4 Å². The van der Waals surface area contributed by atoms with Crippen LogP contribution in [0.2, 0.25) is 0 Å². The first-order valence-electron chi connectivity index (χ1n) is 9.75. The van der Waals surface area contributed by atoms with Gasteiger partial charge in [0.15, 0.2) is 5.65 Å². The molecular weight excluding hydrogens is 429 g/mol. The number of benzene rings is 2. The van der Waals surface area contributed by atoms with Crippen molar-refractivity contribution in [2.75, 3.05) is 0 Å². The van der Waals surface area contributed by atoms with Crippen LogP contribution in [0.1, 0.15) is 21.5 Å². The summed E-state index contributed by atoms with van der Waals surface area (Å²) in [5, 5.41) is 0.877. The minimum Gasteiger partial charge on any atom is -0.366 e. The largest absolute Gasteiger partial charge is 0.366 e. The standard InChI is InChI=1S/C24H18FN5O.ClH/c1-14-9-16(4-5-18(14)23(26)31)20-6-7-21-24(29-20)30(13-28-21)12-17-10-15-3-2-8-27-22(15)11-19(17)25;/h2-11,13H,12H2,1H3,(H2,26,31);1H. The molecule has 3 heterocycles. The summed E-state index contributed by atoms with van der Waals surface area (Å²) in [6.45, 7) is 2.13. The van der Waals surface area contributed by atoms with Crippen molar-refractivity contribution in [2.24, 2.45) is 5.73 Å². The van der Waals surface area contributed by atoms with Gasteiger partial charge in [0.2, 0.25) is 5.91 Å². The molecule has 3 aromatic heterocycles. The number of pyridine rings is 2. The third kappa shape index (κ3) is 3.78. The van der Waals surface area contributed by atoms with E-state index in [4.69, 9.17) is 10.7 Å². The van der Waals surface area contributed by atoms with Gasteiger partial charge in [0.05, 0.1) is 24.1 Å². The second-order valence-corrected chi connectivity index (χ2v) is 7.45. The molecule has 1 amide bonds. The number of nitrogens with two attached hydrogens (primary N) is 1. The molecule has 0 spiro atoms. The Kier molecular flexibility index (Phi) is 5.59. The smallest absolute Gasteiger partial charge is 0.248 e. The predicted molar refractivity (Wildman–Crippen MR) is 124 cm³/mol. The van der Waals surface area contributed by atoms with Gasteiger partial charge >= 0.3 is 0 Å². The third-order valence-electron chi connectivity index (χ3n) is 5.36. The van der Waals surface area contributed by atoms with Gasteiger partial charge < -0.3 is 10.3 Å². The maximum atomic E-state index is 14.7. The van der Waals surface area contributed by atoms with E-state index in [1.165, 1.54) is 6.07 Å². The summed E-state index contributed by atoms with van der Waals surface area (Å²) in [5.74, 6) is -0.778. The molecule has 0 saturated heterocycles. The average molecular weight is 448 g/mol. The number of aryl methyl sites for hydroxylation is 1. The molecule has 0 bridgehead atoms. The van der Waals surface area contributed by atoms with E-state index in [-0.39, 0.29) is 18.2 Å². The molecule has 0 atom stereocenters. The fourth-order valence-electron chi connectivity index (χ4n) is 3.76. The lowest BCUT2D eigenvalue weighted by atomic mass is 10.0. The summed E-state index contributed by atoms with van der Waals surface area (Å²) < 4.78 is 16.5. The van der Waals surface area contributed by atoms with E-state index in [2.05, 4.69) is 9.97 Å². The minimum atomic E-state index is -0.460. The highest BCUT2D eigenvalue weighted by molar-refractivity contribution is 5.95. The van der Waals surface area contributed by atoms with Gasteiger partial charge in [-0.05, 0) is 48.9 Å². The number of aromatic nitrogens is 4. The quantitative estimate of drug-likeness (QED) is 0.434. The summed E-state index contributed by atoms with van der Waals surface area (Å²) in [6.07, 6.45) is 3.31. The fraction of sp³-hybridized carbons (Fsp3) is 0.0833. The van der Waals surface area contributed by atoms with Crippen LogP contribution in [-0.4, -0.2) is 25.4 Å². The lowest BCUT2D eigenvalue weighted by molar-refractivity contribution is 0.0999. The third-order valence-corrected chi connectivity index (χ3v) is 5.36. The van der Waals surface area contributed by atoms with Crippen molar-refractivity contribution in [1.29, 1.82) is 0 Å². The molecule has 0 aliphatic rings. The van der Waals surface area contributed by atoms with Crippen LogP contribution in [0.3, 0.4) is 0 Å². The van der Waals surface area contributed by atoms with Crippen LogP contribution in [-0.2, 0) is 6.54 Å². The van der Waals surface area contributed by atoms with Gasteiger partial charge in [-0.1, -0.05) is 12.1 Å². The average Bonchev–Trinajstić information content (AvgIpc) is 3.16. The maximum Gasteiger partial charge on any atom is 0.248 e. The zero-order chi connectivity index (χ0) is 21.5. The van der Waals surface area contributed by atoms with Crippen LogP contribution >= 0.6 is 12.4 Å². The van der Waals surface area contributed by atoms with Crippen molar-refractivity contribution in [2.45, 2.75) is 13.5 Å². The highest BCUT2D eigenvalue weighted by Crippen LogP contribution is 2.24. The molecule has 8 heteroatoms. The fourth-order valence-corrected chi connectivity index (χ4v) is 3.76. The zero-order valence-corrected chi connectivity index (χ0v) is 17.9. The number of hydrogen-bond donors (Lipinski definition) is 1. The van der Waals surface area contributed by atoms with Crippen molar-refractivity contribution < 1.29 is 9.18 Å². The Hall–Kier alpha value is -3.84. The summed E-state index contributed by atoms with van der Waals surface area (Å²) in [5.41, 5.74) is 10.8. The number of imidazole rings is 1. The Labute approximate surface area is 189 Å². The molecule has 32 heavy (non-hydrogen) atoms. The van der Waals surface area contributed by atoms with Crippen LogP contribution in [0.4, 0.5) is 4.39 Å². The summed E-state index contributed by atoms with van der Waals surface area (Å²) in [4.78, 5) is 24.9. The number of primary amides is 1. The van der Waals surface area contributed by atoms with Crippen molar-refractivity contribution in [1.82, 2.24) is 19.5 Å². The van der Waals surface area contributed by atoms with Crippen LogP contribution < -0.4 is 5.73 Å². The SMILES string of the molecule is Cc1cc(-c2ccc3ncn(Cc4cc5cccnc5cc4F)c3n2)ccc1C(N)=O.Cl. The van der Waals surface area contributed by atoms with E-state index < -0.39 is 5.91 Å². The topological polar surface area (TPSA) is 86.7 Å². The molecule has 6 nitrogen and oxygen atoms in total. The summed E-state index contributed by atoms with van der Waals surface area (Å²) in [7, 11) is 0. The van der Waals surface area contributed by atoms with Gasteiger partial charge in [-0.3, -0.25) is 9.78 Å². The second kappa shape index (κ2) is 8.36. The molecule has 0 fully saturated rings. The molecule has 0 aliphatic heterocycles. The first-order valence-corrected chi connectivity index (χ1v) is 9.75. The second-order valence-electron chi connectivity index (χ2n) is 7.45. The highest BCUT2D eigenvalue weighted by Gasteiger charge is 2.12. The van der Waals surface area contributed by atoms with E-state index in [1.807, 2.05) is 47.9 Å². The van der Waals surface area contributed by atoms with Crippen molar-refractivity contribution in [3.8, 4) is 11.3 Å². The Bertz CT molecular complexity index is 1480. The van der Waals surface area contributed by atoms with Gasteiger partial charge in [-0.2, -0.15) is 0 Å². The van der Waals surface area contributed by atoms with Gasteiger partial charge in [-0.15, -0.1) is 12.4 Å². The molecular formula is C24H19ClFN5O. The zero-order valence-electron chi connectivity index (χ0n) is 17.1. The van der Waals surface area contributed by atoms with Crippen LogP contribution in [0.5, 0.6) is 0 Å². The number of rotatable bonds is 4. The molecule has 0 unspecified atom stereocenters. The predicted octanol–water partition coefficient (Wildman–Crippen LogP) is 4.66. The Balaban J connectivity index is 0.00000245. The van der Waals surface area contributed by atoms with Gasteiger partial charge in [0.1, 0.15) is 11.3 Å². The van der Waals surface area contributed by atoms with E-state index >= 15 is 0 Å². The van der Waals surface area contributed by atoms with E-state index in [0.29, 0.717) is 28.8 Å². The number of carbonyl (C=O) groups excluding carboxylic acids is 1.